The van der Waals surface area contributed by atoms with Crippen molar-refractivity contribution in [1.82, 2.24) is 14.9 Å². The predicted octanol–water partition coefficient (Wildman–Crippen LogP) is 1.89. The minimum Gasteiger partial charge on any atom is -0.353 e. The number of benzene rings is 1. The molecule has 0 bridgehead atoms. The number of amides is 2. The molecular weight excluding hydrogens is 417 g/mol. The summed E-state index contributed by atoms with van der Waals surface area (Å²) in [5, 5.41) is 6.95. The SMILES string of the molecule is Cc1ccc(C(=O)NCCNC(=O)C2CCCN2S(=O)(=O)c2cccs2)cc1F. The van der Waals surface area contributed by atoms with Crippen molar-refractivity contribution in [2.45, 2.75) is 30.0 Å². The molecule has 1 fully saturated rings. The summed E-state index contributed by atoms with van der Waals surface area (Å²) >= 11 is 1.12. The first kappa shape index (κ1) is 21.4. The molecule has 7 nitrogen and oxygen atoms in total. The van der Waals surface area contributed by atoms with Crippen LogP contribution in [-0.4, -0.2) is 50.2 Å². The Bertz CT molecular complexity index is 993. The van der Waals surface area contributed by atoms with Gasteiger partial charge in [0.25, 0.3) is 15.9 Å². The van der Waals surface area contributed by atoms with Gasteiger partial charge in [-0.1, -0.05) is 12.1 Å². The molecule has 0 aliphatic carbocycles. The van der Waals surface area contributed by atoms with Crippen LogP contribution >= 0.6 is 11.3 Å². The van der Waals surface area contributed by atoms with Crippen LogP contribution in [0.3, 0.4) is 0 Å². The second kappa shape index (κ2) is 9.02. The van der Waals surface area contributed by atoms with Crippen LogP contribution in [0.15, 0.2) is 39.9 Å². The van der Waals surface area contributed by atoms with Gasteiger partial charge in [-0.05, 0) is 48.9 Å². The molecule has 156 valence electrons. The second-order valence-electron chi connectivity index (χ2n) is 6.72. The lowest BCUT2D eigenvalue weighted by atomic mass is 10.1. The minimum absolute atomic E-state index is 0.141. The van der Waals surface area contributed by atoms with E-state index in [-0.39, 0.29) is 22.9 Å². The maximum atomic E-state index is 13.6. The summed E-state index contributed by atoms with van der Waals surface area (Å²) < 4.78 is 40.4. The molecule has 2 amide bonds. The van der Waals surface area contributed by atoms with Gasteiger partial charge in [0, 0.05) is 25.2 Å². The molecule has 29 heavy (non-hydrogen) atoms. The van der Waals surface area contributed by atoms with Crippen molar-refractivity contribution in [2.24, 2.45) is 0 Å². The van der Waals surface area contributed by atoms with Gasteiger partial charge in [0.2, 0.25) is 5.91 Å². The fourth-order valence-corrected chi connectivity index (χ4v) is 5.91. The zero-order valence-electron chi connectivity index (χ0n) is 15.9. The van der Waals surface area contributed by atoms with Crippen molar-refractivity contribution in [3.63, 3.8) is 0 Å². The van der Waals surface area contributed by atoms with Crippen molar-refractivity contribution in [3.8, 4) is 0 Å². The van der Waals surface area contributed by atoms with Gasteiger partial charge in [-0.15, -0.1) is 11.3 Å². The smallest absolute Gasteiger partial charge is 0.253 e. The van der Waals surface area contributed by atoms with Gasteiger partial charge in [-0.3, -0.25) is 9.59 Å². The number of carbonyl (C=O) groups is 2. The molecule has 0 radical (unpaired) electrons. The molecule has 3 rings (SSSR count). The van der Waals surface area contributed by atoms with Crippen molar-refractivity contribution >= 4 is 33.2 Å². The average molecular weight is 440 g/mol. The Morgan fingerprint density at radius 1 is 1.24 bits per heavy atom. The van der Waals surface area contributed by atoms with E-state index in [1.165, 1.54) is 22.5 Å². The van der Waals surface area contributed by atoms with Crippen LogP contribution < -0.4 is 10.6 Å². The van der Waals surface area contributed by atoms with E-state index in [4.69, 9.17) is 0 Å². The lowest BCUT2D eigenvalue weighted by Crippen LogP contribution is -2.47. The van der Waals surface area contributed by atoms with Crippen molar-refractivity contribution < 1.29 is 22.4 Å². The van der Waals surface area contributed by atoms with E-state index in [9.17, 15) is 22.4 Å². The van der Waals surface area contributed by atoms with Crippen molar-refractivity contribution in [2.75, 3.05) is 19.6 Å². The fourth-order valence-electron chi connectivity index (χ4n) is 3.13. The Hall–Kier alpha value is -2.30. The largest absolute Gasteiger partial charge is 0.353 e. The van der Waals surface area contributed by atoms with E-state index in [1.54, 1.807) is 18.4 Å². The van der Waals surface area contributed by atoms with Crippen LogP contribution in [0.4, 0.5) is 4.39 Å². The van der Waals surface area contributed by atoms with Crippen LogP contribution in [-0.2, 0) is 14.8 Å². The topological polar surface area (TPSA) is 95.6 Å². The highest BCUT2D eigenvalue weighted by molar-refractivity contribution is 7.91. The summed E-state index contributed by atoms with van der Waals surface area (Å²) in [6.45, 7) is 2.19. The van der Waals surface area contributed by atoms with Gasteiger partial charge in [0.05, 0.1) is 0 Å². The Balaban J connectivity index is 1.51. The molecule has 0 saturated carbocycles. The summed E-state index contributed by atoms with van der Waals surface area (Å²) in [5.41, 5.74) is 0.649. The zero-order chi connectivity index (χ0) is 21.0. The van der Waals surface area contributed by atoms with E-state index < -0.39 is 33.7 Å². The second-order valence-corrected chi connectivity index (χ2v) is 9.78. The van der Waals surface area contributed by atoms with Crippen molar-refractivity contribution in [3.05, 3.63) is 52.7 Å². The van der Waals surface area contributed by atoms with E-state index in [0.717, 1.165) is 17.4 Å². The molecule has 1 saturated heterocycles. The first-order chi connectivity index (χ1) is 13.8. The van der Waals surface area contributed by atoms with Crippen LogP contribution in [0.5, 0.6) is 0 Å². The van der Waals surface area contributed by atoms with Gasteiger partial charge in [0.15, 0.2) is 0 Å². The minimum atomic E-state index is -3.69. The third-order valence-corrected chi connectivity index (χ3v) is 7.99. The number of sulfonamides is 1. The maximum absolute atomic E-state index is 13.6. The molecule has 1 unspecified atom stereocenters. The lowest BCUT2D eigenvalue weighted by Gasteiger charge is -2.22. The van der Waals surface area contributed by atoms with Crippen LogP contribution in [0.1, 0.15) is 28.8 Å². The highest BCUT2D eigenvalue weighted by Gasteiger charge is 2.39. The summed E-state index contributed by atoms with van der Waals surface area (Å²) in [5.74, 6) is -1.29. The molecule has 10 heteroatoms. The summed E-state index contributed by atoms with van der Waals surface area (Å²) in [7, 11) is -3.69. The highest BCUT2D eigenvalue weighted by Crippen LogP contribution is 2.28. The van der Waals surface area contributed by atoms with E-state index in [2.05, 4.69) is 10.6 Å². The number of halogens is 1. The highest BCUT2D eigenvalue weighted by atomic mass is 32.2. The van der Waals surface area contributed by atoms with E-state index in [0.29, 0.717) is 24.9 Å². The fraction of sp³-hybridized carbons (Fsp3) is 0.368. The molecule has 2 aromatic rings. The van der Waals surface area contributed by atoms with E-state index >= 15 is 0 Å². The standard InChI is InChI=1S/C19H22FN3O4S2/c1-13-6-7-14(12-15(13)20)18(24)21-8-9-22-19(25)16-4-2-10-23(16)29(26,27)17-5-3-11-28-17/h3,5-7,11-12,16H,2,4,8-10H2,1H3,(H,21,24)(H,22,25). The Kier molecular flexibility index (Phi) is 6.66. The number of nitrogens with one attached hydrogen (secondary N) is 2. The molecule has 1 aromatic heterocycles. The molecule has 2 heterocycles. The number of hydrogen-bond donors (Lipinski definition) is 2. The summed E-state index contributed by atoms with van der Waals surface area (Å²) in [6.07, 6.45) is 1.06. The van der Waals surface area contributed by atoms with Gasteiger partial charge >= 0.3 is 0 Å². The maximum Gasteiger partial charge on any atom is 0.253 e. The molecular formula is C19H22FN3O4S2. The number of carbonyl (C=O) groups excluding carboxylic acids is 2. The van der Waals surface area contributed by atoms with Crippen LogP contribution in [0, 0.1) is 12.7 Å². The summed E-state index contributed by atoms with van der Waals surface area (Å²) in [6, 6.07) is 6.63. The number of nitrogens with zero attached hydrogens (tertiary/aromatic N) is 1. The summed E-state index contributed by atoms with van der Waals surface area (Å²) in [4.78, 5) is 24.5. The molecule has 1 aliphatic rings. The van der Waals surface area contributed by atoms with Crippen molar-refractivity contribution in [1.29, 1.82) is 0 Å². The van der Waals surface area contributed by atoms with Gasteiger partial charge < -0.3 is 10.6 Å². The van der Waals surface area contributed by atoms with Crippen LogP contribution in [0.25, 0.3) is 0 Å². The first-order valence-corrected chi connectivity index (χ1v) is 11.5. The quantitative estimate of drug-likeness (QED) is 0.644. The third-order valence-electron chi connectivity index (χ3n) is 4.71. The molecule has 1 aromatic carbocycles. The van der Waals surface area contributed by atoms with Crippen LogP contribution in [0.2, 0.25) is 0 Å². The van der Waals surface area contributed by atoms with E-state index in [1.807, 2.05) is 0 Å². The predicted molar refractivity (Wildman–Crippen MR) is 108 cm³/mol. The third kappa shape index (κ3) is 4.82. The normalized spacial score (nSPS) is 17.2. The lowest BCUT2D eigenvalue weighted by molar-refractivity contribution is -0.124. The first-order valence-electron chi connectivity index (χ1n) is 9.18. The number of thiophene rings is 1. The van der Waals surface area contributed by atoms with Gasteiger partial charge in [-0.2, -0.15) is 4.31 Å². The Morgan fingerprint density at radius 2 is 2.00 bits per heavy atom. The number of rotatable bonds is 7. The molecule has 1 aliphatic heterocycles. The Morgan fingerprint density at radius 3 is 2.69 bits per heavy atom. The number of hydrogen-bond acceptors (Lipinski definition) is 5. The molecule has 2 N–H and O–H groups in total. The average Bonchev–Trinajstić information content (AvgIpc) is 3.39. The zero-order valence-corrected chi connectivity index (χ0v) is 17.5. The Labute approximate surface area is 173 Å². The monoisotopic (exact) mass is 439 g/mol. The molecule has 0 spiro atoms. The molecule has 1 atom stereocenters. The van der Waals surface area contributed by atoms with Gasteiger partial charge in [0.1, 0.15) is 16.1 Å². The van der Waals surface area contributed by atoms with Gasteiger partial charge in [-0.25, -0.2) is 12.8 Å². The number of aryl methyl sites for hydroxylation is 1.